The minimum Gasteiger partial charge on any atom is -0.469 e. The molecular formula is C22H32O6. The summed E-state index contributed by atoms with van der Waals surface area (Å²) >= 11 is 0. The van der Waals surface area contributed by atoms with Crippen molar-refractivity contribution in [2.45, 2.75) is 83.7 Å². The van der Waals surface area contributed by atoms with Crippen molar-refractivity contribution in [3.63, 3.8) is 0 Å². The Hall–Kier alpha value is -1.92. The van der Waals surface area contributed by atoms with Crippen molar-refractivity contribution in [2.75, 3.05) is 7.11 Å². The Balaban J connectivity index is 2.00. The van der Waals surface area contributed by atoms with Gasteiger partial charge in [0.05, 0.1) is 19.5 Å². The Morgan fingerprint density at radius 2 is 1.96 bits per heavy atom. The summed E-state index contributed by atoms with van der Waals surface area (Å²) < 4.78 is 22.1. The fourth-order valence-corrected chi connectivity index (χ4v) is 3.32. The molecule has 28 heavy (non-hydrogen) atoms. The lowest BCUT2D eigenvalue weighted by atomic mass is 10.0. The third-order valence-electron chi connectivity index (χ3n) is 4.74. The predicted octanol–water partition coefficient (Wildman–Crippen LogP) is 4.92. The summed E-state index contributed by atoms with van der Waals surface area (Å²) in [6.45, 7) is 5.85. The number of methoxy groups -OCH3 is 1. The predicted molar refractivity (Wildman–Crippen MR) is 106 cm³/mol. The lowest BCUT2D eigenvalue weighted by molar-refractivity contribution is -0.144. The van der Waals surface area contributed by atoms with Crippen LogP contribution < -0.4 is 0 Å². The maximum atomic E-state index is 12.4. The van der Waals surface area contributed by atoms with E-state index in [1.54, 1.807) is 6.07 Å². The van der Waals surface area contributed by atoms with Gasteiger partial charge in [0.15, 0.2) is 17.3 Å². The molecule has 1 fully saturated rings. The van der Waals surface area contributed by atoms with Gasteiger partial charge in [-0.15, -0.1) is 0 Å². The molecule has 1 aromatic heterocycles. The highest BCUT2D eigenvalue weighted by Crippen LogP contribution is 2.32. The van der Waals surface area contributed by atoms with Gasteiger partial charge < -0.3 is 18.6 Å². The van der Waals surface area contributed by atoms with Crippen molar-refractivity contribution < 1.29 is 28.2 Å². The van der Waals surface area contributed by atoms with Crippen LogP contribution in [0.5, 0.6) is 0 Å². The van der Waals surface area contributed by atoms with Crippen molar-refractivity contribution in [1.29, 1.82) is 0 Å². The normalized spacial score (nSPS) is 21.3. The first-order valence-corrected chi connectivity index (χ1v) is 10.1. The Labute approximate surface area is 167 Å². The summed E-state index contributed by atoms with van der Waals surface area (Å²) in [5.74, 6) is -0.501. The smallest absolute Gasteiger partial charge is 0.305 e. The number of rotatable bonds is 11. The van der Waals surface area contributed by atoms with Gasteiger partial charge in [0.1, 0.15) is 6.10 Å². The van der Waals surface area contributed by atoms with Gasteiger partial charge in [-0.2, -0.15) is 0 Å². The van der Waals surface area contributed by atoms with Gasteiger partial charge in [0, 0.05) is 18.4 Å². The molecule has 0 bridgehead atoms. The van der Waals surface area contributed by atoms with Crippen molar-refractivity contribution in [3.05, 3.63) is 29.7 Å². The molecule has 156 valence electrons. The number of carbonyl (C=O) groups is 2. The third kappa shape index (κ3) is 6.60. The molecule has 0 N–H and O–H groups in total. The number of esters is 1. The van der Waals surface area contributed by atoms with E-state index in [0.717, 1.165) is 24.8 Å². The number of ether oxygens (including phenoxy) is 3. The standard InChI is InChI=1S/C22H32O6/c1-5-6-7-9-17(23)21-16(14-15-26-21)12-13-19-18(27-22(2,3)28-19)10-8-11-20(24)25-4/h12-15,18-19H,5-11H2,1-4H3/b13-12+. The lowest BCUT2D eigenvalue weighted by Gasteiger charge is -2.16. The molecule has 2 unspecified atom stereocenters. The minimum absolute atomic E-state index is 0.0247. The Kier molecular flexibility index (Phi) is 8.45. The van der Waals surface area contributed by atoms with E-state index in [9.17, 15) is 9.59 Å². The van der Waals surface area contributed by atoms with E-state index < -0.39 is 5.79 Å². The van der Waals surface area contributed by atoms with Gasteiger partial charge in [0.25, 0.3) is 0 Å². The van der Waals surface area contributed by atoms with E-state index in [1.807, 2.05) is 26.0 Å². The number of hydrogen-bond donors (Lipinski definition) is 0. The van der Waals surface area contributed by atoms with Gasteiger partial charge in [-0.05, 0) is 39.2 Å². The molecule has 2 rings (SSSR count). The molecule has 1 aliphatic heterocycles. The summed E-state index contributed by atoms with van der Waals surface area (Å²) in [6, 6.07) is 1.79. The van der Waals surface area contributed by atoms with Crippen LogP contribution in [-0.2, 0) is 19.0 Å². The Morgan fingerprint density at radius 3 is 2.68 bits per heavy atom. The fourth-order valence-electron chi connectivity index (χ4n) is 3.32. The maximum Gasteiger partial charge on any atom is 0.305 e. The molecule has 2 heterocycles. The highest BCUT2D eigenvalue weighted by molar-refractivity contribution is 5.96. The first kappa shape index (κ1) is 22.4. The molecular weight excluding hydrogens is 360 g/mol. The van der Waals surface area contributed by atoms with Crippen molar-refractivity contribution in [2.24, 2.45) is 0 Å². The molecule has 1 aromatic rings. The van der Waals surface area contributed by atoms with Gasteiger partial charge in [-0.1, -0.05) is 31.9 Å². The summed E-state index contributed by atoms with van der Waals surface area (Å²) in [6.07, 6.45) is 10.1. The minimum atomic E-state index is -0.694. The number of ketones is 1. The number of carbonyl (C=O) groups excluding carboxylic acids is 2. The molecule has 0 spiro atoms. The first-order valence-electron chi connectivity index (χ1n) is 10.1. The molecule has 6 nitrogen and oxygen atoms in total. The van der Waals surface area contributed by atoms with E-state index >= 15 is 0 Å². The van der Waals surface area contributed by atoms with Crippen LogP contribution in [0.25, 0.3) is 6.08 Å². The van der Waals surface area contributed by atoms with Crippen LogP contribution >= 0.6 is 0 Å². The number of furan rings is 1. The van der Waals surface area contributed by atoms with E-state index in [-0.39, 0.29) is 24.0 Å². The lowest BCUT2D eigenvalue weighted by Crippen LogP contribution is -2.21. The molecule has 6 heteroatoms. The van der Waals surface area contributed by atoms with Crippen molar-refractivity contribution >= 4 is 17.8 Å². The summed E-state index contributed by atoms with van der Waals surface area (Å²) in [5, 5.41) is 0. The third-order valence-corrected chi connectivity index (χ3v) is 4.74. The zero-order chi connectivity index (χ0) is 20.6. The topological polar surface area (TPSA) is 75.0 Å². The number of unbranched alkanes of at least 4 members (excludes halogenated alkanes) is 2. The van der Waals surface area contributed by atoms with Gasteiger partial charge in [0.2, 0.25) is 0 Å². The highest BCUT2D eigenvalue weighted by atomic mass is 16.7. The zero-order valence-corrected chi connectivity index (χ0v) is 17.4. The monoisotopic (exact) mass is 392 g/mol. The number of hydrogen-bond acceptors (Lipinski definition) is 6. The second kappa shape index (κ2) is 10.6. The highest BCUT2D eigenvalue weighted by Gasteiger charge is 2.39. The van der Waals surface area contributed by atoms with Crippen molar-refractivity contribution in [1.82, 2.24) is 0 Å². The Bertz CT molecular complexity index is 672. The average molecular weight is 392 g/mol. The number of Topliss-reactive ketones (excluding diaryl/α,β-unsaturated/α-hetero) is 1. The second-order valence-corrected chi connectivity index (χ2v) is 7.55. The van der Waals surface area contributed by atoms with Crippen LogP contribution in [0, 0.1) is 0 Å². The fraction of sp³-hybridized carbons (Fsp3) is 0.636. The molecule has 0 amide bonds. The summed E-state index contributed by atoms with van der Waals surface area (Å²) in [4.78, 5) is 23.7. The van der Waals surface area contributed by atoms with Crippen LogP contribution in [0.4, 0.5) is 0 Å². The van der Waals surface area contributed by atoms with Crippen molar-refractivity contribution in [3.8, 4) is 0 Å². The SMILES string of the molecule is CCCCCC(=O)c1occc1/C=C/C1OC(C)(C)OC1CCCC(=O)OC. The van der Waals surface area contributed by atoms with Gasteiger partial charge in [-0.25, -0.2) is 0 Å². The molecule has 1 saturated heterocycles. The van der Waals surface area contributed by atoms with E-state index in [4.69, 9.17) is 13.9 Å². The second-order valence-electron chi connectivity index (χ2n) is 7.55. The van der Waals surface area contributed by atoms with E-state index in [2.05, 4.69) is 11.7 Å². The van der Waals surface area contributed by atoms with Crippen LogP contribution in [0.2, 0.25) is 0 Å². The van der Waals surface area contributed by atoms with Crippen LogP contribution in [0.3, 0.4) is 0 Å². The summed E-state index contributed by atoms with van der Waals surface area (Å²) in [7, 11) is 1.39. The van der Waals surface area contributed by atoms with E-state index in [0.29, 0.717) is 31.4 Å². The largest absolute Gasteiger partial charge is 0.469 e. The molecule has 0 aromatic carbocycles. The van der Waals surface area contributed by atoms with Crippen LogP contribution in [0.1, 0.15) is 81.8 Å². The Morgan fingerprint density at radius 1 is 1.18 bits per heavy atom. The van der Waals surface area contributed by atoms with Crippen LogP contribution in [-0.4, -0.2) is 36.9 Å². The first-order chi connectivity index (χ1) is 13.4. The molecule has 0 radical (unpaired) electrons. The maximum absolute atomic E-state index is 12.4. The quantitative estimate of drug-likeness (QED) is 0.302. The summed E-state index contributed by atoms with van der Waals surface area (Å²) in [5.41, 5.74) is 0.753. The molecule has 1 aliphatic rings. The molecule has 2 atom stereocenters. The molecule has 0 saturated carbocycles. The van der Waals surface area contributed by atoms with E-state index in [1.165, 1.54) is 13.4 Å². The van der Waals surface area contributed by atoms with Crippen LogP contribution in [0.15, 0.2) is 22.8 Å². The van der Waals surface area contributed by atoms with Gasteiger partial charge >= 0.3 is 5.97 Å². The van der Waals surface area contributed by atoms with Gasteiger partial charge in [-0.3, -0.25) is 9.59 Å². The zero-order valence-electron chi connectivity index (χ0n) is 17.4. The average Bonchev–Trinajstić information content (AvgIpc) is 3.23. The molecule has 0 aliphatic carbocycles.